The highest BCUT2D eigenvalue weighted by atomic mass is 16.5. The van der Waals surface area contributed by atoms with E-state index in [0.717, 1.165) is 23.9 Å². The Balaban J connectivity index is 2.14. The summed E-state index contributed by atoms with van der Waals surface area (Å²) in [6, 6.07) is 4.29. The van der Waals surface area contributed by atoms with E-state index in [-0.39, 0.29) is 0 Å². The van der Waals surface area contributed by atoms with E-state index in [0.29, 0.717) is 12.0 Å². The monoisotopic (exact) mass is 276 g/mol. The third-order valence-corrected chi connectivity index (χ3v) is 4.68. The fourth-order valence-corrected chi connectivity index (χ4v) is 3.45. The Morgan fingerprint density at radius 3 is 2.65 bits per heavy atom. The summed E-state index contributed by atoms with van der Waals surface area (Å²) in [5, 5.41) is 3.63. The van der Waals surface area contributed by atoms with E-state index in [1.807, 2.05) is 18.3 Å². The van der Waals surface area contributed by atoms with Gasteiger partial charge >= 0.3 is 0 Å². The maximum absolute atomic E-state index is 5.50. The summed E-state index contributed by atoms with van der Waals surface area (Å²) in [5.74, 6) is 2.52. The Morgan fingerprint density at radius 2 is 2.05 bits per heavy atom. The molecule has 0 aromatic carbocycles. The minimum atomic E-state index is 0.328. The van der Waals surface area contributed by atoms with Crippen LogP contribution >= 0.6 is 0 Å². The molecule has 1 atom stereocenters. The molecule has 0 spiro atoms. The Kier molecular flexibility index (Phi) is 5.84. The van der Waals surface area contributed by atoms with Crippen LogP contribution in [0.2, 0.25) is 0 Å². The first kappa shape index (κ1) is 15.3. The second kappa shape index (κ2) is 7.63. The number of nitrogens with one attached hydrogen (secondary N) is 1. The molecule has 0 bridgehead atoms. The molecule has 112 valence electrons. The van der Waals surface area contributed by atoms with Gasteiger partial charge in [-0.1, -0.05) is 33.1 Å². The van der Waals surface area contributed by atoms with Crippen molar-refractivity contribution in [3.63, 3.8) is 0 Å². The smallest absolute Gasteiger partial charge is 0.141 e. The average molecular weight is 276 g/mol. The molecule has 1 aliphatic carbocycles. The molecule has 1 aromatic heterocycles. The van der Waals surface area contributed by atoms with E-state index in [2.05, 4.69) is 24.1 Å². The highest BCUT2D eigenvalue weighted by Gasteiger charge is 2.30. The van der Waals surface area contributed by atoms with Crippen LogP contribution in [0.3, 0.4) is 0 Å². The molecule has 20 heavy (non-hydrogen) atoms. The highest BCUT2D eigenvalue weighted by Crippen LogP contribution is 2.39. The van der Waals surface area contributed by atoms with Crippen molar-refractivity contribution in [1.29, 1.82) is 0 Å². The van der Waals surface area contributed by atoms with Crippen LogP contribution in [0.25, 0.3) is 0 Å². The van der Waals surface area contributed by atoms with Crippen LogP contribution in [0.4, 0.5) is 0 Å². The van der Waals surface area contributed by atoms with Crippen molar-refractivity contribution in [2.75, 3.05) is 13.7 Å². The Bertz CT molecular complexity index is 400. The van der Waals surface area contributed by atoms with E-state index in [4.69, 9.17) is 4.74 Å². The van der Waals surface area contributed by atoms with Crippen LogP contribution in [0.5, 0.6) is 5.75 Å². The van der Waals surface area contributed by atoms with Crippen molar-refractivity contribution in [3.05, 3.63) is 24.0 Å². The van der Waals surface area contributed by atoms with Crippen molar-refractivity contribution in [3.8, 4) is 5.75 Å². The average Bonchev–Trinajstić information content (AvgIpc) is 2.53. The van der Waals surface area contributed by atoms with Crippen molar-refractivity contribution in [1.82, 2.24) is 10.3 Å². The minimum absolute atomic E-state index is 0.328. The van der Waals surface area contributed by atoms with Gasteiger partial charge in [0.05, 0.1) is 18.8 Å². The molecule has 0 radical (unpaired) electrons. The highest BCUT2D eigenvalue weighted by molar-refractivity contribution is 5.30. The van der Waals surface area contributed by atoms with Gasteiger partial charge in [-0.25, -0.2) is 0 Å². The predicted octanol–water partition coefficient (Wildman–Crippen LogP) is 3.96. The van der Waals surface area contributed by atoms with Gasteiger partial charge < -0.3 is 10.1 Å². The van der Waals surface area contributed by atoms with Gasteiger partial charge in [0.2, 0.25) is 0 Å². The van der Waals surface area contributed by atoms with E-state index in [1.165, 1.54) is 32.1 Å². The molecule has 3 heteroatoms. The molecule has 1 aliphatic rings. The molecular weight excluding hydrogens is 248 g/mol. The van der Waals surface area contributed by atoms with Gasteiger partial charge in [-0.15, -0.1) is 0 Å². The molecule has 3 nitrogen and oxygen atoms in total. The molecule has 0 saturated heterocycles. The molecule has 1 N–H and O–H groups in total. The zero-order valence-electron chi connectivity index (χ0n) is 13.1. The largest absolute Gasteiger partial charge is 0.495 e. The lowest BCUT2D eigenvalue weighted by Gasteiger charge is -2.34. The zero-order chi connectivity index (χ0) is 14.4. The van der Waals surface area contributed by atoms with Crippen LogP contribution in [0.1, 0.15) is 57.7 Å². The molecule has 0 aliphatic heterocycles. The molecule has 1 fully saturated rings. The lowest BCUT2D eigenvalue weighted by Crippen LogP contribution is -2.32. The number of aromatic nitrogens is 1. The lowest BCUT2D eigenvalue weighted by molar-refractivity contribution is 0.214. The van der Waals surface area contributed by atoms with Crippen LogP contribution in [-0.2, 0) is 0 Å². The third-order valence-electron chi connectivity index (χ3n) is 4.68. The van der Waals surface area contributed by atoms with Crippen molar-refractivity contribution < 1.29 is 4.74 Å². The number of ether oxygens (including phenoxy) is 1. The maximum Gasteiger partial charge on any atom is 0.141 e. The molecular formula is C17H28N2O. The summed E-state index contributed by atoms with van der Waals surface area (Å²) in [6.07, 6.45) is 8.52. The fraction of sp³-hybridized carbons (Fsp3) is 0.706. The minimum Gasteiger partial charge on any atom is -0.495 e. The first-order valence-corrected chi connectivity index (χ1v) is 8.02. The van der Waals surface area contributed by atoms with Crippen molar-refractivity contribution in [2.24, 2.45) is 11.8 Å². The SMILES string of the molecule is CCNC(c1ncccc1OC)C1CCC(CC)CC1. The van der Waals surface area contributed by atoms with Gasteiger partial charge in [0.25, 0.3) is 0 Å². The van der Waals surface area contributed by atoms with Crippen LogP contribution in [-0.4, -0.2) is 18.6 Å². The van der Waals surface area contributed by atoms with E-state index in [9.17, 15) is 0 Å². The topological polar surface area (TPSA) is 34.2 Å². The number of rotatable bonds is 6. The van der Waals surface area contributed by atoms with Crippen LogP contribution in [0, 0.1) is 11.8 Å². The molecule has 1 unspecified atom stereocenters. The van der Waals surface area contributed by atoms with Crippen LogP contribution in [0.15, 0.2) is 18.3 Å². The first-order chi connectivity index (χ1) is 9.80. The third kappa shape index (κ3) is 3.51. The van der Waals surface area contributed by atoms with Crippen molar-refractivity contribution in [2.45, 2.75) is 52.0 Å². The summed E-state index contributed by atoms with van der Waals surface area (Å²) in [4.78, 5) is 4.60. The second-order valence-electron chi connectivity index (χ2n) is 5.82. The van der Waals surface area contributed by atoms with Gasteiger partial charge in [-0.3, -0.25) is 4.98 Å². The maximum atomic E-state index is 5.50. The number of pyridine rings is 1. The Morgan fingerprint density at radius 1 is 1.30 bits per heavy atom. The summed E-state index contributed by atoms with van der Waals surface area (Å²) < 4.78 is 5.50. The zero-order valence-corrected chi connectivity index (χ0v) is 13.1. The quantitative estimate of drug-likeness (QED) is 0.854. The van der Waals surface area contributed by atoms with Crippen LogP contribution < -0.4 is 10.1 Å². The molecule has 1 saturated carbocycles. The molecule has 1 aromatic rings. The lowest BCUT2D eigenvalue weighted by atomic mass is 9.76. The van der Waals surface area contributed by atoms with Gasteiger partial charge in [-0.2, -0.15) is 0 Å². The molecule has 1 heterocycles. The van der Waals surface area contributed by atoms with Crippen molar-refractivity contribution >= 4 is 0 Å². The second-order valence-corrected chi connectivity index (χ2v) is 5.82. The van der Waals surface area contributed by atoms with Gasteiger partial charge in [0.15, 0.2) is 0 Å². The van der Waals surface area contributed by atoms with Gasteiger partial charge in [0.1, 0.15) is 5.75 Å². The number of nitrogens with zero attached hydrogens (tertiary/aromatic N) is 1. The van der Waals surface area contributed by atoms with E-state index in [1.54, 1.807) is 7.11 Å². The normalized spacial score (nSPS) is 24.4. The number of hydrogen-bond acceptors (Lipinski definition) is 3. The van der Waals surface area contributed by atoms with E-state index >= 15 is 0 Å². The Hall–Kier alpha value is -1.09. The van der Waals surface area contributed by atoms with E-state index < -0.39 is 0 Å². The standard InChI is InChI=1S/C17H28N2O/c1-4-13-8-10-14(11-9-13)16(18-5-2)17-15(20-3)7-6-12-19-17/h6-7,12-14,16,18H,4-5,8-11H2,1-3H3. The fourth-order valence-electron chi connectivity index (χ4n) is 3.45. The number of methoxy groups -OCH3 is 1. The summed E-state index contributed by atoms with van der Waals surface area (Å²) >= 11 is 0. The van der Waals surface area contributed by atoms with Gasteiger partial charge in [0, 0.05) is 6.20 Å². The first-order valence-electron chi connectivity index (χ1n) is 8.02. The van der Waals surface area contributed by atoms with Gasteiger partial charge in [-0.05, 0) is 43.4 Å². The summed E-state index contributed by atoms with van der Waals surface area (Å²) in [6.45, 7) is 5.45. The summed E-state index contributed by atoms with van der Waals surface area (Å²) in [7, 11) is 1.73. The number of hydrogen-bond donors (Lipinski definition) is 1. The predicted molar refractivity (Wildman–Crippen MR) is 82.9 cm³/mol. The Labute approximate surface area is 123 Å². The molecule has 2 rings (SSSR count). The summed E-state index contributed by atoms with van der Waals surface area (Å²) in [5.41, 5.74) is 1.08. The molecule has 0 amide bonds.